The van der Waals surface area contributed by atoms with E-state index < -0.39 is 17.9 Å². The van der Waals surface area contributed by atoms with Crippen LogP contribution < -0.4 is 10.1 Å². The van der Waals surface area contributed by atoms with E-state index in [0.29, 0.717) is 0 Å². The van der Waals surface area contributed by atoms with E-state index in [-0.39, 0.29) is 21.4 Å². The van der Waals surface area contributed by atoms with Gasteiger partial charge in [-0.1, -0.05) is 23.2 Å². The van der Waals surface area contributed by atoms with Gasteiger partial charge in [0.2, 0.25) is 0 Å². The number of carbonyl (C=O) groups excluding carboxylic acids is 1. The Labute approximate surface area is 114 Å². The quantitative estimate of drug-likeness (QED) is 0.892. The molecular weight excluding hydrogens is 281 g/mol. The average Bonchev–Trinajstić information content (AvgIpc) is 2.31. The summed E-state index contributed by atoms with van der Waals surface area (Å²) in [5.74, 6) is -1.51. The number of hydrogen-bond donors (Lipinski definition) is 2. The van der Waals surface area contributed by atoms with Gasteiger partial charge in [0, 0.05) is 6.07 Å². The molecule has 0 saturated heterocycles. The number of rotatable bonds is 4. The number of ether oxygens (including phenoxy) is 1. The maximum Gasteiger partial charge on any atom is 0.325 e. The normalized spacial score (nSPS) is 11.8. The summed E-state index contributed by atoms with van der Waals surface area (Å²) in [5.41, 5.74) is 0.125. The molecule has 0 aliphatic rings. The molecule has 0 aromatic heterocycles. The first kappa shape index (κ1) is 14.6. The molecule has 0 aliphatic heterocycles. The molecule has 2 N–H and O–H groups in total. The lowest BCUT2D eigenvalue weighted by Gasteiger charge is -2.12. The van der Waals surface area contributed by atoms with Crippen molar-refractivity contribution in [3.05, 3.63) is 27.7 Å². The Bertz CT molecular complexity index is 490. The Morgan fingerprint density at radius 1 is 1.33 bits per heavy atom. The smallest absolute Gasteiger partial charge is 0.325 e. The van der Waals surface area contributed by atoms with Gasteiger partial charge in [-0.05, 0) is 13.0 Å². The van der Waals surface area contributed by atoms with Gasteiger partial charge >= 0.3 is 5.97 Å². The van der Waals surface area contributed by atoms with Gasteiger partial charge in [0.05, 0.1) is 22.7 Å². The van der Waals surface area contributed by atoms with Gasteiger partial charge in [0.15, 0.2) is 0 Å². The van der Waals surface area contributed by atoms with E-state index in [4.69, 9.17) is 33.0 Å². The summed E-state index contributed by atoms with van der Waals surface area (Å²) in [5, 5.41) is 11.4. The summed E-state index contributed by atoms with van der Waals surface area (Å²) >= 11 is 11.6. The van der Waals surface area contributed by atoms with Crippen LogP contribution in [0.25, 0.3) is 0 Å². The van der Waals surface area contributed by atoms with E-state index in [2.05, 4.69) is 5.32 Å². The summed E-state index contributed by atoms with van der Waals surface area (Å²) < 4.78 is 4.99. The molecule has 0 bridgehead atoms. The van der Waals surface area contributed by atoms with Crippen molar-refractivity contribution < 1.29 is 19.4 Å². The van der Waals surface area contributed by atoms with Crippen LogP contribution in [0.5, 0.6) is 5.75 Å². The number of aliphatic carboxylic acids is 1. The number of halogens is 2. The number of nitrogens with one attached hydrogen (secondary N) is 1. The van der Waals surface area contributed by atoms with Crippen molar-refractivity contribution >= 4 is 35.1 Å². The highest BCUT2D eigenvalue weighted by molar-refractivity contribution is 6.42. The van der Waals surface area contributed by atoms with Crippen molar-refractivity contribution in [1.29, 1.82) is 0 Å². The highest BCUT2D eigenvalue weighted by Gasteiger charge is 2.19. The molecule has 0 radical (unpaired) electrons. The van der Waals surface area contributed by atoms with Crippen LogP contribution in [-0.2, 0) is 4.79 Å². The lowest BCUT2D eigenvalue weighted by atomic mass is 10.1. The van der Waals surface area contributed by atoms with E-state index in [9.17, 15) is 9.59 Å². The number of methoxy groups -OCH3 is 1. The van der Waals surface area contributed by atoms with E-state index in [1.165, 1.54) is 26.2 Å². The van der Waals surface area contributed by atoms with Crippen LogP contribution in [0.2, 0.25) is 10.0 Å². The molecule has 1 amide bonds. The van der Waals surface area contributed by atoms with Crippen molar-refractivity contribution in [2.24, 2.45) is 0 Å². The van der Waals surface area contributed by atoms with E-state index in [0.717, 1.165) is 0 Å². The molecule has 1 aromatic carbocycles. The standard InChI is InChI=1S/C11H11Cl2NO4/c1-5(11(16)17)14-10(15)6-3-7(12)8(13)4-9(6)18-2/h3-5H,1-2H3,(H,14,15)(H,16,17)/t5-/m0/s1. The molecule has 5 nitrogen and oxygen atoms in total. The summed E-state index contributed by atoms with van der Waals surface area (Å²) in [7, 11) is 1.37. The molecule has 1 aromatic rings. The summed E-state index contributed by atoms with van der Waals surface area (Å²) in [6, 6.07) is 1.70. The zero-order valence-electron chi connectivity index (χ0n) is 9.66. The van der Waals surface area contributed by atoms with Crippen molar-refractivity contribution in [3.8, 4) is 5.75 Å². The third kappa shape index (κ3) is 3.27. The van der Waals surface area contributed by atoms with Crippen LogP contribution in [0.4, 0.5) is 0 Å². The fourth-order valence-electron chi connectivity index (χ4n) is 1.21. The summed E-state index contributed by atoms with van der Waals surface area (Å²) in [4.78, 5) is 22.5. The van der Waals surface area contributed by atoms with Gasteiger partial charge in [0.1, 0.15) is 11.8 Å². The molecule has 0 unspecified atom stereocenters. The molecule has 1 atom stereocenters. The van der Waals surface area contributed by atoms with E-state index in [1.54, 1.807) is 0 Å². The predicted molar refractivity (Wildman–Crippen MR) is 67.6 cm³/mol. The minimum Gasteiger partial charge on any atom is -0.496 e. The van der Waals surface area contributed by atoms with Crippen molar-refractivity contribution in [2.75, 3.05) is 7.11 Å². The van der Waals surface area contributed by atoms with Crippen molar-refractivity contribution in [1.82, 2.24) is 5.32 Å². The van der Waals surface area contributed by atoms with E-state index in [1.807, 2.05) is 0 Å². The van der Waals surface area contributed by atoms with Crippen LogP contribution >= 0.6 is 23.2 Å². The second-order valence-corrected chi connectivity index (χ2v) is 4.31. The van der Waals surface area contributed by atoms with Gasteiger partial charge in [-0.2, -0.15) is 0 Å². The monoisotopic (exact) mass is 291 g/mol. The fraction of sp³-hybridized carbons (Fsp3) is 0.273. The SMILES string of the molecule is COc1cc(Cl)c(Cl)cc1C(=O)N[C@@H](C)C(=O)O. The number of carboxylic acid groups (broad SMARTS) is 1. The van der Waals surface area contributed by atoms with Gasteiger partial charge < -0.3 is 15.2 Å². The van der Waals surface area contributed by atoms with Crippen LogP contribution in [-0.4, -0.2) is 30.1 Å². The van der Waals surface area contributed by atoms with Crippen LogP contribution in [0, 0.1) is 0 Å². The summed E-state index contributed by atoms with van der Waals surface area (Å²) in [6.07, 6.45) is 0. The first-order valence-electron chi connectivity index (χ1n) is 4.93. The highest BCUT2D eigenvalue weighted by atomic mass is 35.5. The predicted octanol–water partition coefficient (Wildman–Crippen LogP) is 2.20. The first-order valence-corrected chi connectivity index (χ1v) is 5.69. The second-order valence-electron chi connectivity index (χ2n) is 3.50. The fourth-order valence-corrected chi connectivity index (χ4v) is 1.53. The maximum absolute atomic E-state index is 11.8. The average molecular weight is 292 g/mol. The van der Waals surface area contributed by atoms with E-state index >= 15 is 0 Å². The number of amides is 1. The Kier molecular flexibility index (Phi) is 4.81. The zero-order chi connectivity index (χ0) is 13.9. The molecule has 0 fully saturated rings. The Morgan fingerprint density at radius 3 is 2.39 bits per heavy atom. The van der Waals surface area contributed by atoms with Gasteiger partial charge in [0.25, 0.3) is 5.91 Å². The number of hydrogen-bond acceptors (Lipinski definition) is 3. The zero-order valence-corrected chi connectivity index (χ0v) is 11.2. The molecular formula is C11H11Cl2NO4. The molecule has 18 heavy (non-hydrogen) atoms. The van der Waals surface area contributed by atoms with Crippen molar-refractivity contribution in [2.45, 2.75) is 13.0 Å². The molecule has 0 heterocycles. The Morgan fingerprint density at radius 2 is 1.89 bits per heavy atom. The maximum atomic E-state index is 11.8. The number of carboxylic acids is 1. The molecule has 0 aliphatic carbocycles. The Balaban J connectivity index is 3.05. The lowest BCUT2D eigenvalue weighted by Crippen LogP contribution is -2.38. The molecule has 0 spiro atoms. The van der Waals surface area contributed by atoms with Crippen LogP contribution in [0.15, 0.2) is 12.1 Å². The van der Waals surface area contributed by atoms with Gasteiger partial charge in [-0.25, -0.2) is 0 Å². The summed E-state index contributed by atoms with van der Waals surface area (Å²) in [6.45, 7) is 1.35. The molecule has 7 heteroatoms. The minimum atomic E-state index is -1.14. The third-order valence-corrected chi connectivity index (χ3v) is 2.93. The first-order chi connectivity index (χ1) is 8.36. The van der Waals surface area contributed by atoms with Crippen LogP contribution in [0.1, 0.15) is 17.3 Å². The molecule has 1 rings (SSSR count). The topological polar surface area (TPSA) is 75.6 Å². The number of benzene rings is 1. The second kappa shape index (κ2) is 5.93. The molecule has 0 saturated carbocycles. The number of carbonyl (C=O) groups is 2. The Hall–Kier alpha value is -1.46. The van der Waals surface area contributed by atoms with Crippen molar-refractivity contribution in [3.63, 3.8) is 0 Å². The third-order valence-electron chi connectivity index (χ3n) is 2.21. The minimum absolute atomic E-state index is 0.125. The van der Waals surface area contributed by atoms with Gasteiger partial charge in [-0.15, -0.1) is 0 Å². The highest BCUT2D eigenvalue weighted by Crippen LogP contribution is 2.30. The molecule has 98 valence electrons. The van der Waals surface area contributed by atoms with Crippen LogP contribution in [0.3, 0.4) is 0 Å². The van der Waals surface area contributed by atoms with Gasteiger partial charge in [-0.3, -0.25) is 9.59 Å². The largest absolute Gasteiger partial charge is 0.496 e. The lowest BCUT2D eigenvalue weighted by molar-refractivity contribution is -0.138.